The summed E-state index contributed by atoms with van der Waals surface area (Å²) in [5, 5.41) is 4.65. The van der Waals surface area contributed by atoms with Crippen LogP contribution in [0, 0.1) is 5.92 Å². The van der Waals surface area contributed by atoms with Gasteiger partial charge in [0.1, 0.15) is 5.75 Å². The highest BCUT2D eigenvalue weighted by Crippen LogP contribution is 2.29. The molecule has 0 amide bonds. The Kier molecular flexibility index (Phi) is 9.07. The zero-order chi connectivity index (χ0) is 22.1. The third kappa shape index (κ3) is 7.00. The Morgan fingerprint density at radius 2 is 1.53 bits per heavy atom. The molecule has 3 nitrogen and oxygen atoms in total. The van der Waals surface area contributed by atoms with E-state index in [9.17, 15) is 4.79 Å². The Morgan fingerprint density at radius 1 is 0.933 bits per heavy atom. The van der Waals surface area contributed by atoms with Crippen molar-refractivity contribution < 1.29 is 14.3 Å². The molecule has 0 aromatic heterocycles. The van der Waals surface area contributed by atoms with E-state index in [1.54, 1.807) is 14.0 Å². The fourth-order valence-electron chi connectivity index (χ4n) is 3.09. The molecule has 0 unspecified atom stereocenters. The summed E-state index contributed by atoms with van der Waals surface area (Å²) in [5.74, 6) is 0.975. The molecule has 160 valence electrons. The van der Waals surface area contributed by atoms with E-state index in [2.05, 4.69) is 57.7 Å². The summed E-state index contributed by atoms with van der Waals surface area (Å²) < 4.78 is 10.4. The lowest BCUT2D eigenvalue weighted by atomic mass is 9.98. The number of benzene rings is 3. The van der Waals surface area contributed by atoms with Gasteiger partial charge in [0.15, 0.2) is 0 Å². The third-order valence-corrected chi connectivity index (χ3v) is 4.49. The first-order valence-corrected chi connectivity index (χ1v) is 10.6. The Balaban J connectivity index is 0.000000735. The first-order chi connectivity index (χ1) is 14.3. The van der Waals surface area contributed by atoms with Crippen LogP contribution in [-0.2, 0) is 16.0 Å². The maximum atomic E-state index is 11.7. The van der Waals surface area contributed by atoms with Gasteiger partial charge in [-0.3, -0.25) is 0 Å². The molecule has 0 atom stereocenters. The number of carbonyl (C=O) groups excluding carboxylic acids is 1. The number of aryl methyl sites for hydroxylation is 1. The van der Waals surface area contributed by atoms with Crippen molar-refractivity contribution in [3.63, 3.8) is 0 Å². The highest BCUT2D eigenvalue weighted by atomic mass is 16.5. The molecule has 0 spiro atoms. The molecule has 3 rings (SSSR count). The van der Waals surface area contributed by atoms with E-state index < -0.39 is 5.97 Å². The minimum atomic E-state index is -0.400. The second-order valence-corrected chi connectivity index (χ2v) is 8.36. The quantitative estimate of drug-likeness (QED) is 0.138. The van der Waals surface area contributed by atoms with Gasteiger partial charge < -0.3 is 9.47 Å². The minimum Gasteiger partial charge on any atom is -0.423 e. The summed E-state index contributed by atoms with van der Waals surface area (Å²) in [6.07, 6.45) is 3.27. The number of methoxy groups -OCH3 is 1. The zero-order valence-electron chi connectivity index (χ0n) is 19.0. The molecular formula is C27H34O3. The normalized spacial score (nSPS) is 10.7. The molecule has 0 N–H and O–H groups in total. The second-order valence-electron chi connectivity index (χ2n) is 8.36. The first-order valence-electron chi connectivity index (χ1n) is 10.6. The number of unbranched alkanes of at least 4 members (excludes halogenated alkanes) is 1. The number of ether oxygens (including phenoxy) is 2. The summed E-state index contributed by atoms with van der Waals surface area (Å²) >= 11 is 0. The SMILES string of the molecule is C=C(C)C(=O)Oc1ccc2c(ccc3cc(CCCCOC)ccc32)c1.CC(C)C. The lowest BCUT2D eigenvalue weighted by Crippen LogP contribution is -2.07. The predicted molar refractivity (Wildman–Crippen MR) is 127 cm³/mol. The van der Waals surface area contributed by atoms with Gasteiger partial charge in [-0.2, -0.15) is 0 Å². The van der Waals surface area contributed by atoms with E-state index in [4.69, 9.17) is 9.47 Å². The lowest BCUT2D eigenvalue weighted by Gasteiger charge is -2.09. The molecule has 0 bridgehead atoms. The Morgan fingerprint density at radius 3 is 2.13 bits per heavy atom. The highest BCUT2D eigenvalue weighted by molar-refractivity contribution is 6.08. The van der Waals surface area contributed by atoms with Gasteiger partial charge in [-0.1, -0.05) is 63.7 Å². The number of rotatable bonds is 7. The van der Waals surface area contributed by atoms with Crippen molar-refractivity contribution >= 4 is 27.5 Å². The van der Waals surface area contributed by atoms with Crippen LogP contribution >= 0.6 is 0 Å². The topological polar surface area (TPSA) is 35.5 Å². The fourth-order valence-corrected chi connectivity index (χ4v) is 3.09. The molecule has 0 saturated carbocycles. The first kappa shape index (κ1) is 23.6. The molecule has 0 fully saturated rings. The van der Waals surface area contributed by atoms with Crippen molar-refractivity contribution in [2.24, 2.45) is 5.92 Å². The summed E-state index contributed by atoms with van der Waals surface area (Å²) in [5.41, 5.74) is 1.74. The number of fused-ring (bicyclic) bond motifs is 3. The molecule has 0 heterocycles. The standard InChI is InChI=1S/C23H24O3.C4H10/c1-16(2)23(24)26-20-10-12-22-19(15-20)9-8-18-14-17(7-11-21(18)22)6-4-5-13-25-3;1-4(2)3/h7-12,14-15H,1,4-6,13H2,2-3H3;4H,1-3H3. The van der Waals surface area contributed by atoms with Gasteiger partial charge in [0.05, 0.1) is 0 Å². The van der Waals surface area contributed by atoms with Gasteiger partial charge in [-0.25, -0.2) is 4.79 Å². The van der Waals surface area contributed by atoms with Crippen LogP contribution in [-0.4, -0.2) is 19.7 Å². The summed E-state index contributed by atoms with van der Waals surface area (Å²) in [4.78, 5) is 11.7. The maximum absolute atomic E-state index is 11.7. The molecule has 0 aliphatic rings. The van der Waals surface area contributed by atoms with Crippen LogP contribution in [0.2, 0.25) is 0 Å². The van der Waals surface area contributed by atoms with Crippen molar-refractivity contribution in [1.82, 2.24) is 0 Å². The van der Waals surface area contributed by atoms with Crippen molar-refractivity contribution in [3.8, 4) is 5.75 Å². The highest BCUT2D eigenvalue weighted by Gasteiger charge is 2.08. The van der Waals surface area contributed by atoms with Gasteiger partial charge in [-0.05, 0) is 71.3 Å². The second kappa shape index (κ2) is 11.5. The van der Waals surface area contributed by atoms with Gasteiger partial charge in [0.25, 0.3) is 0 Å². The van der Waals surface area contributed by atoms with Crippen molar-refractivity contribution in [3.05, 3.63) is 66.2 Å². The van der Waals surface area contributed by atoms with Crippen LogP contribution in [0.15, 0.2) is 60.7 Å². The molecule has 3 aromatic carbocycles. The predicted octanol–water partition coefficient (Wildman–Crippen LogP) is 7.11. The summed E-state index contributed by atoms with van der Waals surface area (Å²) in [7, 11) is 1.74. The molecule has 0 radical (unpaired) electrons. The van der Waals surface area contributed by atoms with Crippen LogP contribution in [0.5, 0.6) is 5.75 Å². The average molecular weight is 407 g/mol. The lowest BCUT2D eigenvalue weighted by molar-refractivity contribution is -0.130. The molecule has 0 aliphatic heterocycles. The molecule has 30 heavy (non-hydrogen) atoms. The van der Waals surface area contributed by atoms with Crippen molar-refractivity contribution in [2.45, 2.75) is 47.0 Å². The van der Waals surface area contributed by atoms with E-state index in [0.29, 0.717) is 11.3 Å². The number of carbonyl (C=O) groups is 1. The maximum Gasteiger partial charge on any atom is 0.338 e. The monoisotopic (exact) mass is 406 g/mol. The average Bonchev–Trinajstić information content (AvgIpc) is 2.70. The van der Waals surface area contributed by atoms with Crippen LogP contribution in [0.4, 0.5) is 0 Å². The van der Waals surface area contributed by atoms with Gasteiger partial charge in [0, 0.05) is 19.3 Å². The van der Waals surface area contributed by atoms with E-state index in [1.807, 2.05) is 18.2 Å². The van der Waals surface area contributed by atoms with Crippen LogP contribution in [0.25, 0.3) is 21.5 Å². The van der Waals surface area contributed by atoms with Crippen molar-refractivity contribution in [1.29, 1.82) is 0 Å². The van der Waals surface area contributed by atoms with Crippen LogP contribution in [0.1, 0.15) is 46.1 Å². The Hall–Kier alpha value is -2.65. The van der Waals surface area contributed by atoms with Crippen LogP contribution in [0.3, 0.4) is 0 Å². The zero-order valence-corrected chi connectivity index (χ0v) is 19.0. The van der Waals surface area contributed by atoms with Crippen LogP contribution < -0.4 is 4.74 Å². The molecule has 0 saturated heterocycles. The van der Waals surface area contributed by atoms with E-state index >= 15 is 0 Å². The van der Waals surface area contributed by atoms with Crippen molar-refractivity contribution in [2.75, 3.05) is 13.7 Å². The molecule has 3 heteroatoms. The number of esters is 1. The molecule has 0 aliphatic carbocycles. The minimum absolute atomic E-state index is 0.390. The van der Waals surface area contributed by atoms with Gasteiger partial charge >= 0.3 is 5.97 Å². The Bertz CT molecular complexity index is 999. The third-order valence-electron chi connectivity index (χ3n) is 4.49. The molecular weight excluding hydrogens is 372 g/mol. The van der Waals surface area contributed by atoms with Gasteiger partial charge in [-0.15, -0.1) is 0 Å². The van der Waals surface area contributed by atoms with Gasteiger partial charge in [0.2, 0.25) is 0 Å². The largest absolute Gasteiger partial charge is 0.423 e. The summed E-state index contributed by atoms with van der Waals surface area (Å²) in [6, 6.07) is 16.6. The van der Waals surface area contributed by atoms with E-state index in [0.717, 1.165) is 42.6 Å². The number of hydrogen-bond donors (Lipinski definition) is 0. The fraction of sp³-hybridized carbons (Fsp3) is 0.370. The smallest absolute Gasteiger partial charge is 0.338 e. The van der Waals surface area contributed by atoms with E-state index in [1.165, 1.54) is 16.3 Å². The number of hydrogen-bond acceptors (Lipinski definition) is 3. The van der Waals surface area contributed by atoms with E-state index in [-0.39, 0.29) is 0 Å². The summed E-state index contributed by atoms with van der Waals surface area (Å²) in [6.45, 7) is 12.6. The Labute approximate surface area is 180 Å². The molecule has 3 aromatic rings.